The molecule has 1 aromatic carbocycles. The molecular formula is C15H16N4O3S. The highest BCUT2D eigenvalue weighted by Crippen LogP contribution is 2.33. The third kappa shape index (κ3) is 2.61. The lowest BCUT2D eigenvalue weighted by Gasteiger charge is -2.20. The Kier molecular flexibility index (Phi) is 3.48. The summed E-state index contributed by atoms with van der Waals surface area (Å²) >= 11 is 0. The Morgan fingerprint density at radius 3 is 2.65 bits per heavy atom. The largest absolute Gasteiger partial charge is 0.478 e. The van der Waals surface area contributed by atoms with E-state index in [1.165, 1.54) is 17.5 Å². The Labute approximate surface area is 133 Å². The summed E-state index contributed by atoms with van der Waals surface area (Å²) in [4.78, 5) is 3.79. The highest BCUT2D eigenvalue weighted by Gasteiger charge is 2.19. The number of para-hydroxylation sites is 1. The first-order chi connectivity index (χ1) is 10.8. The van der Waals surface area contributed by atoms with Gasteiger partial charge < -0.3 is 5.11 Å². The molecule has 0 aliphatic rings. The van der Waals surface area contributed by atoms with Gasteiger partial charge in [-0.1, -0.05) is 18.2 Å². The van der Waals surface area contributed by atoms with E-state index in [-0.39, 0.29) is 6.01 Å². The predicted molar refractivity (Wildman–Crippen MR) is 88.1 cm³/mol. The van der Waals surface area contributed by atoms with Gasteiger partial charge in [0, 0.05) is 12.6 Å². The molecule has 2 aromatic heterocycles. The summed E-state index contributed by atoms with van der Waals surface area (Å²) in [7, 11) is -1.90. The minimum Gasteiger partial charge on any atom is -0.478 e. The van der Waals surface area contributed by atoms with Crippen molar-refractivity contribution >= 4 is 21.2 Å². The van der Waals surface area contributed by atoms with Crippen molar-refractivity contribution in [1.29, 1.82) is 0 Å². The molecule has 3 aromatic rings. The maximum absolute atomic E-state index is 11.9. The third-order valence-corrected chi connectivity index (χ3v) is 4.91. The van der Waals surface area contributed by atoms with Crippen LogP contribution in [0, 0.1) is 6.92 Å². The number of benzene rings is 1. The Morgan fingerprint density at radius 2 is 1.96 bits per heavy atom. The zero-order chi connectivity index (χ0) is 16.8. The monoisotopic (exact) mass is 332 g/mol. The summed E-state index contributed by atoms with van der Waals surface area (Å²) in [5.41, 5.74) is 3.59. The fourth-order valence-electron chi connectivity index (χ4n) is 2.47. The Morgan fingerprint density at radius 1 is 1.26 bits per heavy atom. The van der Waals surface area contributed by atoms with E-state index in [4.69, 9.17) is 0 Å². The fraction of sp³-hybridized carbons (Fsp3) is 0.200. The molecule has 23 heavy (non-hydrogen) atoms. The van der Waals surface area contributed by atoms with Gasteiger partial charge in [-0.25, -0.2) is 17.9 Å². The molecule has 120 valence electrons. The van der Waals surface area contributed by atoms with E-state index in [9.17, 15) is 13.5 Å². The maximum atomic E-state index is 11.9. The Hall–Kier alpha value is -2.61. The second-order valence-corrected chi connectivity index (χ2v) is 7.33. The number of aromatic nitrogens is 3. The number of sulfonamides is 1. The number of fused-ring (bicyclic) bond motifs is 1. The maximum Gasteiger partial charge on any atom is 0.331 e. The van der Waals surface area contributed by atoms with Gasteiger partial charge in [0.25, 0.3) is 0 Å². The van der Waals surface area contributed by atoms with Gasteiger partial charge in [-0.2, -0.15) is 0 Å². The quantitative estimate of drug-likeness (QED) is 0.790. The van der Waals surface area contributed by atoms with Crippen LogP contribution in [-0.4, -0.2) is 41.4 Å². The molecular weight excluding hydrogens is 316 g/mol. The summed E-state index contributed by atoms with van der Waals surface area (Å²) in [5.74, 6) is 0. The summed E-state index contributed by atoms with van der Waals surface area (Å²) in [6.07, 6.45) is 2.68. The predicted octanol–water partition coefficient (Wildman–Crippen LogP) is 1.81. The summed E-state index contributed by atoms with van der Waals surface area (Å²) < 4.78 is 26.6. The molecule has 0 bridgehead atoms. The lowest BCUT2D eigenvalue weighted by Crippen LogP contribution is -2.25. The number of hydrogen-bond donors (Lipinski definition) is 1. The molecule has 0 aliphatic carbocycles. The smallest absolute Gasteiger partial charge is 0.331 e. The van der Waals surface area contributed by atoms with E-state index >= 15 is 0 Å². The van der Waals surface area contributed by atoms with Crippen LogP contribution < -0.4 is 4.31 Å². The molecule has 0 fully saturated rings. The molecule has 0 atom stereocenters. The van der Waals surface area contributed by atoms with Crippen LogP contribution in [0.15, 0.2) is 36.5 Å². The van der Waals surface area contributed by atoms with E-state index in [0.29, 0.717) is 16.9 Å². The van der Waals surface area contributed by atoms with Crippen LogP contribution >= 0.6 is 0 Å². The van der Waals surface area contributed by atoms with Gasteiger partial charge in [-0.15, -0.1) is 5.10 Å². The highest BCUT2D eigenvalue weighted by molar-refractivity contribution is 7.92. The van der Waals surface area contributed by atoms with E-state index < -0.39 is 10.0 Å². The first kappa shape index (κ1) is 15.3. The second-order valence-electron chi connectivity index (χ2n) is 5.32. The Balaban J connectivity index is 2.31. The number of aryl methyl sites for hydroxylation is 1. The second kappa shape index (κ2) is 5.24. The van der Waals surface area contributed by atoms with Crippen molar-refractivity contribution in [2.75, 3.05) is 17.6 Å². The average molecular weight is 332 g/mol. The van der Waals surface area contributed by atoms with Crippen molar-refractivity contribution in [3.05, 3.63) is 42.1 Å². The van der Waals surface area contributed by atoms with Crippen molar-refractivity contribution in [2.45, 2.75) is 6.92 Å². The number of anilines is 1. The molecule has 0 radical (unpaired) electrons. The number of nitrogens with zero attached hydrogens (tertiary/aromatic N) is 4. The van der Waals surface area contributed by atoms with E-state index in [1.54, 1.807) is 16.6 Å². The molecule has 3 rings (SSSR count). The third-order valence-electron chi connectivity index (χ3n) is 3.72. The minimum absolute atomic E-state index is 0.344. The molecule has 0 aliphatic heterocycles. The topological polar surface area (TPSA) is 87.8 Å². The van der Waals surface area contributed by atoms with Crippen molar-refractivity contribution < 1.29 is 13.5 Å². The summed E-state index contributed by atoms with van der Waals surface area (Å²) in [6.45, 7) is 1.90. The van der Waals surface area contributed by atoms with Gasteiger partial charge in [0.2, 0.25) is 10.0 Å². The summed E-state index contributed by atoms with van der Waals surface area (Å²) in [6, 6.07) is 8.69. The normalized spacial score (nSPS) is 11.8. The Bertz CT molecular complexity index is 995. The molecule has 0 saturated heterocycles. The van der Waals surface area contributed by atoms with Gasteiger partial charge in [0.05, 0.1) is 29.4 Å². The minimum atomic E-state index is -3.40. The van der Waals surface area contributed by atoms with Crippen LogP contribution in [0.25, 0.3) is 16.8 Å². The van der Waals surface area contributed by atoms with Crippen LogP contribution in [0.2, 0.25) is 0 Å². The number of hydrogen-bond acceptors (Lipinski definition) is 5. The first-order valence-corrected chi connectivity index (χ1v) is 8.71. The van der Waals surface area contributed by atoms with Crippen LogP contribution in [0.4, 0.5) is 5.69 Å². The van der Waals surface area contributed by atoms with E-state index in [2.05, 4.69) is 10.1 Å². The molecule has 8 heteroatoms. The molecule has 0 amide bonds. The lowest BCUT2D eigenvalue weighted by molar-refractivity contribution is 0.419. The van der Waals surface area contributed by atoms with Gasteiger partial charge in [0.1, 0.15) is 0 Å². The zero-order valence-electron chi connectivity index (χ0n) is 12.9. The van der Waals surface area contributed by atoms with Gasteiger partial charge >= 0.3 is 6.01 Å². The highest BCUT2D eigenvalue weighted by atomic mass is 32.2. The first-order valence-electron chi connectivity index (χ1n) is 6.86. The summed E-state index contributed by atoms with van der Waals surface area (Å²) in [5, 5.41) is 13.6. The average Bonchev–Trinajstić information content (AvgIpc) is 2.82. The van der Waals surface area contributed by atoms with Crippen LogP contribution in [0.5, 0.6) is 6.01 Å². The zero-order valence-corrected chi connectivity index (χ0v) is 13.7. The van der Waals surface area contributed by atoms with Crippen LogP contribution in [-0.2, 0) is 10.0 Å². The molecule has 0 unspecified atom stereocenters. The van der Waals surface area contributed by atoms with Crippen molar-refractivity contribution in [3.63, 3.8) is 0 Å². The van der Waals surface area contributed by atoms with Crippen molar-refractivity contribution in [1.82, 2.24) is 14.6 Å². The standard InChI is InChI=1S/C15H16N4O3S/c1-10-8-13(19-14(10)9-16-15(20)17-19)11-6-4-5-7-12(11)18(2)23(3,21)22/h4-9H,1-3H3,(H,17,20). The molecule has 2 heterocycles. The SMILES string of the molecule is Cc1cc(-c2ccccc2N(C)S(C)(=O)=O)n2nc(O)ncc12. The molecule has 0 spiro atoms. The van der Waals surface area contributed by atoms with Gasteiger partial charge in [-0.05, 0) is 24.6 Å². The molecule has 7 nitrogen and oxygen atoms in total. The van der Waals surface area contributed by atoms with Crippen molar-refractivity contribution in [2.24, 2.45) is 0 Å². The molecule has 1 N–H and O–H groups in total. The van der Waals surface area contributed by atoms with Crippen molar-refractivity contribution in [3.8, 4) is 17.3 Å². The van der Waals surface area contributed by atoms with Gasteiger partial charge in [0.15, 0.2) is 0 Å². The van der Waals surface area contributed by atoms with Crippen LogP contribution in [0.1, 0.15) is 5.56 Å². The number of aromatic hydroxyl groups is 1. The van der Waals surface area contributed by atoms with Gasteiger partial charge in [-0.3, -0.25) is 4.31 Å². The molecule has 0 saturated carbocycles. The number of rotatable bonds is 3. The van der Waals surface area contributed by atoms with E-state index in [0.717, 1.165) is 17.3 Å². The lowest BCUT2D eigenvalue weighted by atomic mass is 10.1. The van der Waals surface area contributed by atoms with E-state index in [1.807, 2.05) is 25.1 Å². The fourth-order valence-corrected chi connectivity index (χ4v) is 2.99. The van der Waals surface area contributed by atoms with Crippen LogP contribution in [0.3, 0.4) is 0 Å².